The highest BCUT2D eigenvalue weighted by Gasteiger charge is 2.29. The molecule has 0 aliphatic heterocycles. The Morgan fingerprint density at radius 1 is 0.976 bits per heavy atom. The normalized spacial score (nSPS) is 11.3. The molecule has 2 heterocycles. The van der Waals surface area contributed by atoms with E-state index in [0.717, 1.165) is 22.1 Å². The zero-order valence-electron chi connectivity index (χ0n) is 22.9. The van der Waals surface area contributed by atoms with E-state index in [1.807, 2.05) is 78.9 Å². The molecule has 2 aromatic heterocycles. The fourth-order valence-electron chi connectivity index (χ4n) is 5.57. The van der Waals surface area contributed by atoms with Gasteiger partial charge in [0.1, 0.15) is 11.4 Å². The van der Waals surface area contributed by atoms with Crippen molar-refractivity contribution in [3.05, 3.63) is 124 Å². The van der Waals surface area contributed by atoms with Gasteiger partial charge in [-0.1, -0.05) is 84.9 Å². The Morgan fingerprint density at radius 3 is 2.48 bits per heavy atom. The summed E-state index contributed by atoms with van der Waals surface area (Å²) in [6.07, 6.45) is 1.02. The van der Waals surface area contributed by atoms with Gasteiger partial charge in [-0.2, -0.15) is 0 Å². The molecule has 0 radical (unpaired) electrons. The van der Waals surface area contributed by atoms with Gasteiger partial charge in [0.2, 0.25) is 5.82 Å². The lowest BCUT2D eigenvalue weighted by molar-refractivity contribution is -0.388. The summed E-state index contributed by atoms with van der Waals surface area (Å²) in [5.41, 5.74) is 3.04. The van der Waals surface area contributed by atoms with Crippen molar-refractivity contribution in [1.82, 2.24) is 14.5 Å². The molecule has 0 saturated heterocycles. The number of nitrogens with zero attached hydrogens (tertiary/aromatic N) is 3. The Bertz CT molecular complexity index is 1940. The number of nitro groups is 1. The maximum Gasteiger partial charge on any atom is 0.390 e. The van der Waals surface area contributed by atoms with Crippen molar-refractivity contribution in [2.24, 2.45) is 0 Å². The Labute approximate surface area is 241 Å². The first-order valence-electron chi connectivity index (χ1n) is 13.7. The number of H-pyrrole nitrogens is 1. The zero-order chi connectivity index (χ0) is 29.2. The average molecular weight is 561 g/mol. The van der Waals surface area contributed by atoms with Crippen molar-refractivity contribution in [3.63, 3.8) is 0 Å². The number of aryl methyl sites for hydroxylation is 2. The van der Waals surface area contributed by atoms with Gasteiger partial charge in [0, 0.05) is 23.3 Å². The molecule has 0 spiro atoms. The molecule has 0 unspecified atom stereocenters. The van der Waals surface area contributed by atoms with Crippen LogP contribution in [0, 0.1) is 17.0 Å². The van der Waals surface area contributed by atoms with Crippen LogP contribution in [0.1, 0.15) is 33.9 Å². The molecule has 0 atom stereocenters. The van der Waals surface area contributed by atoms with E-state index in [-0.39, 0.29) is 11.5 Å². The number of aromatic nitrogens is 3. The number of benzene rings is 4. The molecule has 9 nitrogen and oxygen atoms in total. The van der Waals surface area contributed by atoms with E-state index in [2.05, 4.69) is 9.97 Å². The summed E-state index contributed by atoms with van der Waals surface area (Å²) in [5, 5.41) is 25.0. The summed E-state index contributed by atoms with van der Waals surface area (Å²) in [6.45, 7) is 2.51. The average Bonchev–Trinajstić information content (AvgIpc) is 3.54. The summed E-state index contributed by atoms with van der Waals surface area (Å²) in [4.78, 5) is 31.3. The topological polar surface area (TPSA) is 123 Å². The molecule has 0 aliphatic carbocycles. The Morgan fingerprint density at radius 2 is 1.69 bits per heavy atom. The lowest BCUT2D eigenvalue weighted by Gasteiger charge is -2.10. The van der Waals surface area contributed by atoms with Gasteiger partial charge in [-0.25, -0.2) is 4.79 Å². The van der Waals surface area contributed by atoms with E-state index in [9.17, 15) is 20.0 Å². The van der Waals surface area contributed by atoms with Crippen molar-refractivity contribution in [2.75, 3.05) is 6.61 Å². The van der Waals surface area contributed by atoms with Crippen molar-refractivity contribution >= 4 is 33.5 Å². The van der Waals surface area contributed by atoms with Crippen LogP contribution >= 0.6 is 0 Å². The molecule has 0 saturated carbocycles. The van der Waals surface area contributed by atoms with E-state index in [4.69, 9.17) is 4.74 Å². The second-order valence-corrected chi connectivity index (χ2v) is 10.1. The van der Waals surface area contributed by atoms with Crippen LogP contribution < -0.4 is 4.74 Å². The van der Waals surface area contributed by atoms with Crippen LogP contribution in [0.25, 0.3) is 32.9 Å². The Hall–Kier alpha value is -5.44. The van der Waals surface area contributed by atoms with Gasteiger partial charge in [-0.3, -0.25) is 4.57 Å². The van der Waals surface area contributed by atoms with Gasteiger partial charge in [0.25, 0.3) is 0 Å². The number of carbonyl (C=O) groups is 1. The number of hydrogen-bond donors (Lipinski definition) is 2. The number of rotatable bonds is 10. The first-order valence-corrected chi connectivity index (χ1v) is 13.7. The number of imidazole rings is 1. The summed E-state index contributed by atoms with van der Waals surface area (Å²) in [5.74, 6) is -0.0893. The third-order valence-electron chi connectivity index (χ3n) is 7.49. The molecule has 6 rings (SSSR count). The predicted octanol–water partition coefficient (Wildman–Crippen LogP) is 7.16. The standard InChI is InChI=1S/C33H28N4O5/c1-21-34-32(37(40)41)31(36(21)20-22-10-3-2-4-11-22)27-16-8-15-25-26(30(33(38)39)35-29(25)27)17-9-19-42-28-18-7-13-23-12-5-6-14-24(23)28/h2-8,10-16,18,35H,9,17,19-20H2,1H3,(H,38,39). The van der Waals surface area contributed by atoms with Crippen LogP contribution in [0.4, 0.5) is 5.82 Å². The zero-order valence-corrected chi connectivity index (χ0v) is 22.9. The van der Waals surface area contributed by atoms with Gasteiger partial charge in [-0.15, -0.1) is 0 Å². The third kappa shape index (κ3) is 4.96. The summed E-state index contributed by atoms with van der Waals surface area (Å²) < 4.78 is 7.90. The highest BCUT2D eigenvalue weighted by molar-refractivity contribution is 6.03. The lowest BCUT2D eigenvalue weighted by atomic mass is 10.0. The first kappa shape index (κ1) is 26.8. The Balaban J connectivity index is 1.36. The molecule has 6 aromatic rings. The van der Waals surface area contributed by atoms with E-state index in [1.165, 1.54) is 0 Å². The van der Waals surface area contributed by atoms with Crippen LogP contribution in [-0.4, -0.2) is 37.1 Å². The van der Waals surface area contributed by atoms with E-state index >= 15 is 0 Å². The monoisotopic (exact) mass is 560 g/mol. The number of aromatic amines is 1. The second kappa shape index (κ2) is 11.2. The van der Waals surface area contributed by atoms with Gasteiger partial charge in [0.05, 0.1) is 18.7 Å². The summed E-state index contributed by atoms with van der Waals surface area (Å²) >= 11 is 0. The molecule has 0 fully saturated rings. The van der Waals surface area contributed by atoms with Crippen molar-refractivity contribution in [3.8, 4) is 17.0 Å². The number of hydrogen-bond acceptors (Lipinski definition) is 5. The minimum atomic E-state index is -1.09. The Kier molecular flexibility index (Phi) is 7.14. The number of carboxylic acids is 1. The number of fused-ring (bicyclic) bond motifs is 2. The summed E-state index contributed by atoms with van der Waals surface area (Å²) in [6, 6.07) is 28.9. The quantitative estimate of drug-likeness (QED) is 0.104. The SMILES string of the molecule is Cc1nc([N+](=O)[O-])c(-c2cccc3c(CCCOc4cccc5ccccc45)c(C(=O)O)[nH]c23)n1Cc1ccccc1. The van der Waals surface area contributed by atoms with Gasteiger partial charge in [-0.05, 0) is 45.3 Å². The second-order valence-electron chi connectivity index (χ2n) is 10.1. The number of nitrogens with one attached hydrogen (secondary N) is 1. The van der Waals surface area contributed by atoms with E-state index < -0.39 is 10.9 Å². The number of para-hydroxylation sites is 1. The van der Waals surface area contributed by atoms with Crippen LogP contribution in [0.2, 0.25) is 0 Å². The van der Waals surface area contributed by atoms with Crippen LogP contribution in [0.5, 0.6) is 5.75 Å². The molecule has 4 aromatic carbocycles. The summed E-state index contributed by atoms with van der Waals surface area (Å²) in [7, 11) is 0. The molecular formula is C33H28N4O5. The molecule has 0 amide bonds. The lowest BCUT2D eigenvalue weighted by Crippen LogP contribution is -2.05. The molecule has 2 N–H and O–H groups in total. The maximum absolute atomic E-state index is 12.3. The fraction of sp³-hybridized carbons (Fsp3) is 0.152. The molecule has 42 heavy (non-hydrogen) atoms. The minimum Gasteiger partial charge on any atom is -0.493 e. The van der Waals surface area contributed by atoms with Gasteiger partial charge >= 0.3 is 11.8 Å². The van der Waals surface area contributed by atoms with Crippen molar-refractivity contribution in [2.45, 2.75) is 26.3 Å². The van der Waals surface area contributed by atoms with Gasteiger partial charge in [0.15, 0.2) is 5.69 Å². The number of aromatic carboxylic acids is 1. The molecular weight excluding hydrogens is 532 g/mol. The minimum absolute atomic E-state index is 0.0658. The number of ether oxygens (including phenoxy) is 1. The number of carboxylic acid groups (broad SMARTS) is 1. The van der Waals surface area contributed by atoms with Crippen molar-refractivity contribution < 1.29 is 19.6 Å². The highest BCUT2D eigenvalue weighted by Crippen LogP contribution is 2.38. The maximum atomic E-state index is 12.3. The predicted molar refractivity (Wildman–Crippen MR) is 161 cm³/mol. The molecule has 9 heteroatoms. The molecule has 0 bridgehead atoms. The van der Waals surface area contributed by atoms with Crippen LogP contribution in [0.15, 0.2) is 91.0 Å². The van der Waals surface area contributed by atoms with Gasteiger partial charge < -0.3 is 24.9 Å². The van der Waals surface area contributed by atoms with E-state index in [0.29, 0.717) is 59.5 Å². The van der Waals surface area contributed by atoms with Crippen molar-refractivity contribution in [1.29, 1.82) is 0 Å². The van der Waals surface area contributed by atoms with Crippen LogP contribution in [0.3, 0.4) is 0 Å². The fourth-order valence-corrected chi connectivity index (χ4v) is 5.57. The third-order valence-corrected chi connectivity index (χ3v) is 7.49. The molecule has 210 valence electrons. The highest BCUT2D eigenvalue weighted by atomic mass is 16.6. The van der Waals surface area contributed by atoms with Crippen LogP contribution in [-0.2, 0) is 13.0 Å². The largest absolute Gasteiger partial charge is 0.493 e. The first-order chi connectivity index (χ1) is 20.4. The smallest absolute Gasteiger partial charge is 0.390 e. The van der Waals surface area contributed by atoms with E-state index in [1.54, 1.807) is 23.6 Å². The molecule has 0 aliphatic rings.